The first-order chi connectivity index (χ1) is 12.0. The Labute approximate surface area is 150 Å². The van der Waals surface area contributed by atoms with E-state index in [-0.39, 0.29) is 36.5 Å². The van der Waals surface area contributed by atoms with Crippen LogP contribution in [0.1, 0.15) is 0 Å². The molecule has 0 radical (unpaired) electrons. The van der Waals surface area contributed by atoms with Gasteiger partial charge in [0.15, 0.2) is 0 Å². The van der Waals surface area contributed by atoms with E-state index < -0.39 is 15.9 Å². The smallest absolute Gasteiger partial charge is 0.243 e. The third-order valence-electron chi connectivity index (χ3n) is 4.64. The largest absolute Gasteiger partial charge is 0.378 e. The second-order valence-corrected chi connectivity index (χ2v) is 8.67. The molecule has 6 nitrogen and oxygen atoms in total. The second-order valence-electron chi connectivity index (χ2n) is 6.36. The normalized spacial score (nSPS) is 24.8. The highest BCUT2D eigenvalue weighted by Gasteiger charge is 2.39. The minimum absolute atomic E-state index is 0.103. The summed E-state index contributed by atoms with van der Waals surface area (Å²) in [6.07, 6.45) is 0. The first-order valence-corrected chi connectivity index (χ1v) is 9.84. The Balaban J connectivity index is 1.82. The number of sulfonamides is 1. The number of carbonyl (C=O) groups is 1. The molecule has 2 aromatic carbocycles. The van der Waals surface area contributed by atoms with Crippen LogP contribution in [0.25, 0.3) is 10.8 Å². The first kappa shape index (κ1) is 16.8. The molecule has 2 saturated heterocycles. The van der Waals surface area contributed by atoms with Crippen LogP contribution in [0.3, 0.4) is 0 Å². The van der Waals surface area contributed by atoms with Gasteiger partial charge in [0.25, 0.3) is 0 Å². The summed E-state index contributed by atoms with van der Waals surface area (Å²) >= 11 is 6.29. The maximum atomic E-state index is 13.3. The number of amides is 1. The van der Waals surface area contributed by atoms with Gasteiger partial charge in [-0.1, -0.05) is 35.9 Å². The van der Waals surface area contributed by atoms with Gasteiger partial charge in [0.05, 0.1) is 30.1 Å². The number of ether oxygens (including phenoxy) is 1. The van der Waals surface area contributed by atoms with Crippen LogP contribution in [0, 0.1) is 5.92 Å². The summed E-state index contributed by atoms with van der Waals surface area (Å²) in [6, 6.07) is 10.1. The van der Waals surface area contributed by atoms with Gasteiger partial charge >= 0.3 is 0 Å². The third-order valence-corrected chi connectivity index (χ3v) is 6.83. The number of benzene rings is 2. The lowest BCUT2D eigenvalue weighted by Gasteiger charge is -2.27. The van der Waals surface area contributed by atoms with Crippen molar-refractivity contribution in [3.05, 3.63) is 41.4 Å². The molecule has 25 heavy (non-hydrogen) atoms. The van der Waals surface area contributed by atoms with Crippen LogP contribution in [-0.2, 0) is 19.6 Å². The van der Waals surface area contributed by atoms with Gasteiger partial charge in [-0.25, -0.2) is 8.42 Å². The lowest BCUT2D eigenvalue weighted by Crippen LogP contribution is -2.44. The molecule has 1 N–H and O–H groups in total. The third kappa shape index (κ3) is 2.91. The molecular formula is C17H17ClN2O4S. The predicted octanol–water partition coefficient (Wildman–Crippen LogP) is 1.63. The fourth-order valence-electron chi connectivity index (χ4n) is 3.40. The highest BCUT2D eigenvalue weighted by Crippen LogP contribution is 2.32. The fourth-order valence-corrected chi connectivity index (χ4v) is 5.51. The van der Waals surface area contributed by atoms with Crippen molar-refractivity contribution in [3.8, 4) is 0 Å². The summed E-state index contributed by atoms with van der Waals surface area (Å²) in [6.45, 7) is 0.826. The molecule has 8 heteroatoms. The summed E-state index contributed by atoms with van der Waals surface area (Å²) in [5.41, 5.74) is 0. The monoisotopic (exact) mass is 380 g/mol. The average Bonchev–Trinajstić information content (AvgIpc) is 2.83. The molecule has 2 bridgehead atoms. The SMILES string of the molecule is O=C1N[C@@H]2COC[C@H]1CN(S(=O)(=O)c1cccc3cccc(Cl)c13)C2. The maximum Gasteiger partial charge on any atom is 0.243 e. The summed E-state index contributed by atoms with van der Waals surface area (Å²) < 4.78 is 33.5. The maximum absolute atomic E-state index is 13.3. The van der Waals surface area contributed by atoms with Crippen molar-refractivity contribution < 1.29 is 17.9 Å². The number of nitrogens with one attached hydrogen (secondary N) is 1. The molecule has 4 rings (SSSR count). The first-order valence-electron chi connectivity index (χ1n) is 8.02. The molecule has 2 aromatic rings. The molecule has 0 aliphatic carbocycles. The molecule has 2 heterocycles. The van der Waals surface area contributed by atoms with E-state index in [0.29, 0.717) is 17.0 Å². The zero-order valence-electron chi connectivity index (χ0n) is 13.3. The van der Waals surface area contributed by atoms with Gasteiger partial charge in [0.1, 0.15) is 0 Å². The van der Waals surface area contributed by atoms with Crippen LogP contribution in [0.5, 0.6) is 0 Å². The topological polar surface area (TPSA) is 75.7 Å². The van der Waals surface area contributed by atoms with Crippen LogP contribution in [0.15, 0.2) is 41.3 Å². The Morgan fingerprint density at radius 1 is 1.12 bits per heavy atom. The molecule has 0 saturated carbocycles. The van der Waals surface area contributed by atoms with Crippen molar-refractivity contribution >= 4 is 38.3 Å². The van der Waals surface area contributed by atoms with E-state index in [2.05, 4.69) is 5.32 Å². The zero-order valence-corrected chi connectivity index (χ0v) is 14.9. The van der Waals surface area contributed by atoms with Crippen molar-refractivity contribution in [1.82, 2.24) is 9.62 Å². The van der Waals surface area contributed by atoms with Gasteiger partial charge in [-0.2, -0.15) is 4.31 Å². The van der Waals surface area contributed by atoms with E-state index in [9.17, 15) is 13.2 Å². The van der Waals surface area contributed by atoms with Crippen LogP contribution in [0.2, 0.25) is 5.02 Å². The second kappa shape index (κ2) is 6.25. The van der Waals surface area contributed by atoms with E-state index in [1.807, 2.05) is 12.1 Å². The molecular weight excluding hydrogens is 364 g/mol. The van der Waals surface area contributed by atoms with Gasteiger partial charge in [0.2, 0.25) is 15.9 Å². The van der Waals surface area contributed by atoms with Crippen LogP contribution >= 0.6 is 11.6 Å². The highest BCUT2D eigenvalue weighted by atomic mass is 35.5. The molecule has 0 spiro atoms. The standard InChI is InChI=1S/C17H17ClN2O4S/c18-14-5-1-3-11-4-2-6-15(16(11)14)25(22,23)20-7-12-9-24-10-13(8-20)19-17(12)21/h1-6,12-13H,7-10H2,(H,19,21)/t12-,13+/m1/s1. The average molecular weight is 381 g/mol. The van der Waals surface area contributed by atoms with Gasteiger partial charge in [0, 0.05) is 23.5 Å². The van der Waals surface area contributed by atoms with E-state index >= 15 is 0 Å². The fraction of sp³-hybridized carbons (Fsp3) is 0.353. The molecule has 0 unspecified atom stereocenters. The van der Waals surface area contributed by atoms with E-state index in [0.717, 1.165) is 5.39 Å². The van der Waals surface area contributed by atoms with Crippen LogP contribution in [-0.4, -0.2) is 51.0 Å². The molecule has 2 aliphatic rings. The lowest BCUT2D eigenvalue weighted by atomic mass is 10.1. The van der Waals surface area contributed by atoms with Crippen molar-refractivity contribution in [2.45, 2.75) is 10.9 Å². The van der Waals surface area contributed by atoms with Crippen molar-refractivity contribution in [3.63, 3.8) is 0 Å². The number of fused-ring (bicyclic) bond motifs is 4. The van der Waals surface area contributed by atoms with E-state index in [1.165, 1.54) is 4.31 Å². The van der Waals surface area contributed by atoms with Crippen molar-refractivity contribution in [2.24, 2.45) is 5.92 Å². The van der Waals surface area contributed by atoms with Crippen molar-refractivity contribution in [2.75, 3.05) is 26.3 Å². The number of hydrogen-bond acceptors (Lipinski definition) is 4. The zero-order chi connectivity index (χ0) is 17.6. The quantitative estimate of drug-likeness (QED) is 0.859. The van der Waals surface area contributed by atoms with Crippen LogP contribution < -0.4 is 5.32 Å². The molecule has 0 aromatic heterocycles. The van der Waals surface area contributed by atoms with Gasteiger partial charge in [-0.3, -0.25) is 4.79 Å². The summed E-state index contributed by atoms with van der Waals surface area (Å²) in [5.74, 6) is -0.663. The Bertz CT molecular complexity index is 942. The predicted molar refractivity (Wildman–Crippen MR) is 94.0 cm³/mol. The number of hydrogen-bond donors (Lipinski definition) is 1. The number of rotatable bonds is 2. The van der Waals surface area contributed by atoms with Crippen LogP contribution in [0.4, 0.5) is 0 Å². The molecule has 2 aliphatic heterocycles. The van der Waals surface area contributed by atoms with Gasteiger partial charge < -0.3 is 10.1 Å². The molecule has 2 fully saturated rings. The van der Waals surface area contributed by atoms with Gasteiger partial charge in [-0.15, -0.1) is 0 Å². The minimum Gasteiger partial charge on any atom is -0.378 e. The summed E-state index contributed by atoms with van der Waals surface area (Å²) in [7, 11) is -3.80. The Hall–Kier alpha value is -1.67. The van der Waals surface area contributed by atoms with Crippen molar-refractivity contribution in [1.29, 1.82) is 0 Å². The van der Waals surface area contributed by atoms with E-state index in [1.54, 1.807) is 24.3 Å². The Kier molecular flexibility index (Phi) is 4.19. The Morgan fingerprint density at radius 2 is 1.88 bits per heavy atom. The van der Waals surface area contributed by atoms with Gasteiger partial charge in [-0.05, 0) is 17.5 Å². The van der Waals surface area contributed by atoms with E-state index in [4.69, 9.17) is 16.3 Å². The lowest BCUT2D eigenvalue weighted by molar-refractivity contribution is -0.125. The molecule has 132 valence electrons. The highest BCUT2D eigenvalue weighted by molar-refractivity contribution is 7.89. The Morgan fingerprint density at radius 3 is 2.68 bits per heavy atom. The summed E-state index contributed by atoms with van der Waals surface area (Å²) in [4.78, 5) is 12.3. The number of carbonyl (C=O) groups excluding carboxylic acids is 1. The molecule has 1 amide bonds. The number of nitrogens with zero attached hydrogens (tertiary/aromatic N) is 1. The summed E-state index contributed by atoms with van der Waals surface area (Å²) in [5, 5.41) is 4.52. The molecule has 2 atom stereocenters. The minimum atomic E-state index is -3.80. The number of halogens is 1.